The van der Waals surface area contributed by atoms with Crippen LogP contribution in [-0.4, -0.2) is 5.11 Å². The highest BCUT2D eigenvalue weighted by Crippen LogP contribution is 2.25. The molecule has 80 valence electrons. The second-order valence-corrected chi connectivity index (χ2v) is 3.23. The topological polar surface area (TPSA) is 86.0 Å². The Morgan fingerprint density at radius 2 is 2.19 bits per heavy atom. The summed E-state index contributed by atoms with van der Waals surface area (Å²) in [6, 6.07) is 6.79. The van der Waals surface area contributed by atoms with Crippen LogP contribution in [0.1, 0.15) is 0 Å². The molecular formula is C9H6ClN4O2+. The van der Waals surface area contributed by atoms with E-state index in [9.17, 15) is 5.11 Å². The van der Waals surface area contributed by atoms with Crippen LogP contribution >= 0.6 is 11.6 Å². The molecule has 1 heterocycles. The largest absolute Gasteiger partial charge is 0.475 e. The third-order valence-corrected chi connectivity index (χ3v) is 2.30. The van der Waals surface area contributed by atoms with Gasteiger partial charge in [0.2, 0.25) is 5.69 Å². The van der Waals surface area contributed by atoms with E-state index in [0.29, 0.717) is 11.4 Å². The molecule has 2 rings (SSSR count). The molecule has 7 heteroatoms. The minimum Gasteiger partial charge on any atom is -0.475 e. The quantitative estimate of drug-likeness (QED) is 0.377. The number of benzene rings is 1. The molecule has 0 fully saturated rings. The Bertz CT molecular complexity index is 575. The molecule has 0 aliphatic heterocycles. The number of aromatic nitrogens is 1. The Morgan fingerprint density at radius 3 is 2.81 bits per heavy atom. The molecule has 0 saturated carbocycles. The van der Waals surface area contributed by atoms with Gasteiger partial charge in [0.25, 0.3) is 0 Å². The summed E-state index contributed by atoms with van der Waals surface area (Å²) in [4.78, 5) is 2.70. The molecular weight excluding hydrogens is 232 g/mol. The minimum atomic E-state index is -0.391. The van der Waals surface area contributed by atoms with Crippen molar-refractivity contribution in [3.8, 4) is 11.6 Å². The van der Waals surface area contributed by atoms with E-state index < -0.39 is 5.95 Å². The zero-order valence-corrected chi connectivity index (χ0v) is 8.66. The third-order valence-electron chi connectivity index (χ3n) is 1.95. The lowest BCUT2D eigenvalue weighted by Gasteiger charge is -1.95. The number of hydrogen-bond donors (Lipinski definition) is 1. The third kappa shape index (κ3) is 1.67. The number of rotatable bonds is 2. The maximum atomic E-state index is 9.20. The van der Waals surface area contributed by atoms with Crippen LogP contribution in [0.4, 0.5) is 5.69 Å². The van der Waals surface area contributed by atoms with E-state index >= 15 is 0 Å². The average molecular weight is 238 g/mol. The number of para-hydroxylation sites is 1. The highest BCUT2D eigenvalue weighted by Gasteiger charge is 2.23. The van der Waals surface area contributed by atoms with Crippen LogP contribution in [0.3, 0.4) is 0 Å². The highest BCUT2D eigenvalue weighted by atomic mass is 35.5. The molecule has 0 saturated heterocycles. The van der Waals surface area contributed by atoms with Gasteiger partial charge in [0.15, 0.2) is 0 Å². The number of hydrogen-bond acceptors (Lipinski definition) is 3. The normalized spacial score (nSPS) is 9.81. The van der Waals surface area contributed by atoms with Crippen molar-refractivity contribution in [2.75, 3.05) is 0 Å². The molecule has 0 aliphatic carbocycles. The number of aromatic hydroxyl groups is 1. The van der Waals surface area contributed by atoms with Crippen molar-refractivity contribution < 1.29 is 14.1 Å². The van der Waals surface area contributed by atoms with Crippen LogP contribution in [0.25, 0.3) is 16.1 Å². The van der Waals surface area contributed by atoms with Gasteiger partial charge in [-0.1, -0.05) is 17.2 Å². The number of halogens is 1. The molecule has 6 nitrogen and oxygen atoms in total. The monoisotopic (exact) mass is 237 g/mol. The lowest BCUT2D eigenvalue weighted by molar-refractivity contribution is -0.596. The van der Waals surface area contributed by atoms with E-state index in [1.807, 2.05) is 0 Å². The molecule has 0 bridgehead atoms. The van der Waals surface area contributed by atoms with Crippen LogP contribution in [0.5, 0.6) is 5.95 Å². The Labute approximate surface area is 94.9 Å². The van der Waals surface area contributed by atoms with Gasteiger partial charge in [-0.25, -0.2) is 0 Å². The first-order chi connectivity index (χ1) is 7.74. The van der Waals surface area contributed by atoms with Gasteiger partial charge in [-0.3, -0.25) is 0 Å². The first-order valence-electron chi connectivity index (χ1n) is 4.26. The second kappa shape index (κ2) is 4.14. The van der Waals surface area contributed by atoms with Gasteiger partial charge >= 0.3 is 17.5 Å². The summed E-state index contributed by atoms with van der Waals surface area (Å²) in [6.07, 6.45) is 1.23. The van der Waals surface area contributed by atoms with Crippen LogP contribution in [0, 0.1) is 0 Å². The van der Waals surface area contributed by atoms with Gasteiger partial charge in [-0.15, -0.1) is 4.57 Å². The van der Waals surface area contributed by atoms with Gasteiger partial charge in [0.05, 0.1) is 0 Å². The van der Waals surface area contributed by atoms with Crippen LogP contribution < -0.4 is 4.57 Å². The van der Waals surface area contributed by atoms with E-state index in [1.54, 1.807) is 24.3 Å². The van der Waals surface area contributed by atoms with Crippen molar-refractivity contribution >= 4 is 17.3 Å². The number of azide groups is 1. The van der Waals surface area contributed by atoms with Crippen molar-refractivity contribution in [3.05, 3.63) is 46.3 Å². The Morgan fingerprint density at radius 1 is 1.44 bits per heavy atom. The predicted molar refractivity (Wildman–Crippen MR) is 55.7 cm³/mol. The Balaban J connectivity index is 2.64. The zero-order valence-electron chi connectivity index (χ0n) is 7.91. The van der Waals surface area contributed by atoms with E-state index in [0.717, 1.165) is 0 Å². The zero-order chi connectivity index (χ0) is 11.5. The molecule has 0 spiro atoms. The summed E-state index contributed by atoms with van der Waals surface area (Å²) in [7, 11) is 0. The van der Waals surface area contributed by atoms with Crippen molar-refractivity contribution in [1.29, 1.82) is 0 Å². The second-order valence-electron chi connectivity index (χ2n) is 2.87. The molecule has 1 N–H and O–H groups in total. The molecule has 0 atom stereocenters. The minimum absolute atomic E-state index is 0.0144. The Hall–Kier alpha value is -2.17. The molecule has 1 aromatic heterocycles. The molecule has 0 radical (unpaired) electrons. The first-order valence-corrected chi connectivity index (χ1v) is 4.64. The van der Waals surface area contributed by atoms with E-state index in [2.05, 4.69) is 10.0 Å². The Kier molecular flexibility index (Phi) is 2.68. The standard InChI is InChI=1S/C9H5ClN4O2/c10-8-9(15)16-5-14(8)7-4-2-1-3-6(7)12-13-11/h1-5H/p+1. The average Bonchev–Trinajstić information content (AvgIpc) is 2.61. The summed E-state index contributed by atoms with van der Waals surface area (Å²) in [6.45, 7) is 0. The molecule has 1 aromatic carbocycles. The van der Waals surface area contributed by atoms with Gasteiger partial charge in [-0.05, 0) is 23.2 Å². The fraction of sp³-hybridized carbons (Fsp3) is 0. The van der Waals surface area contributed by atoms with Crippen LogP contribution in [-0.2, 0) is 0 Å². The predicted octanol–water partition coefficient (Wildman–Crippen LogP) is 2.86. The first kappa shape index (κ1) is 10.4. The molecule has 0 amide bonds. The van der Waals surface area contributed by atoms with Crippen molar-refractivity contribution in [3.63, 3.8) is 0 Å². The maximum absolute atomic E-state index is 9.20. The summed E-state index contributed by atoms with van der Waals surface area (Å²) in [5.74, 6) is -0.391. The van der Waals surface area contributed by atoms with Crippen LogP contribution in [0.2, 0.25) is 5.15 Å². The SMILES string of the molecule is [N-]=[N+]=Nc1ccccc1-[n+]1coc(O)c1Cl. The molecule has 0 unspecified atom stereocenters. The fourth-order valence-corrected chi connectivity index (χ4v) is 1.44. The summed E-state index contributed by atoms with van der Waals surface area (Å²) in [5.41, 5.74) is 9.32. The van der Waals surface area contributed by atoms with Crippen LogP contribution in [0.15, 0.2) is 40.2 Å². The maximum Gasteiger partial charge on any atom is 0.375 e. The van der Waals surface area contributed by atoms with Gasteiger partial charge < -0.3 is 9.52 Å². The summed E-state index contributed by atoms with van der Waals surface area (Å²) in [5, 5.41) is 12.7. The van der Waals surface area contributed by atoms with E-state index in [4.69, 9.17) is 21.5 Å². The number of nitrogens with zero attached hydrogens (tertiary/aromatic N) is 4. The van der Waals surface area contributed by atoms with Gasteiger partial charge in [0, 0.05) is 11.0 Å². The van der Waals surface area contributed by atoms with Gasteiger partial charge in [-0.2, -0.15) is 0 Å². The lowest BCUT2D eigenvalue weighted by atomic mass is 10.3. The van der Waals surface area contributed by atoms with E-state index in [1.165, 1.54) is 11.0 Å². The molecule has 2 aromatic rings. The summed E-state index contributed by atoms with van der Waals surface area (Å²) >= 11 is 5.80. The lowest BCUT2D eigenvalue weighted by Crippen LogP contribution is -2.28. The summed E-state index contributed by atoms with van der Waals surface area (Å²) < 4.78 is 6.11. The molecule has 16 heavy (non-hydrogen) atoms. The van der Waals surface area contributed by atoms with Crippen molar-refractivity contribution in [1.82, 2.24) is 0 Å². The van der Waals surface area contributed by atoms with E-state index in [-0.39, 0.29) is 5.15 Å². The van der Waals surface area contributed by atoms with Gasteiger partial charge in [0.1, 0.15) is 5.69 Å². The number of oxazole rings is 1. The highest BCUT2D eigenvalue weighted by molar-refractivity contribution is 6.29. The van der Waals surface area contributed by atoms with Crippen molar-refractivity contribution in [2.24, 2.45) is 5.11 Å². The molecule has 0 aliphatic rings. The smallest absolute Gasteiger partial charge is 0.375 e. The fourth-order valence-electron chi connectivity index (χ4n) is 1.26. The van der Waals surface area contributed by atoms with Crippen molar-refractivity contribution in [2.45, 2.75) is 0 Å².